The van der Waals surface area contributed by atoms with Crippen molar-refractivity contribution in [3.8, 4) is 0 Å². The van der Waals surface area contributed by atoms with Gasteiger partial charge < -0.3 is 11.1 Å². The topological polar surface area (TPSA) is 55.1 Å². The van der Waals surface area contributed by atoms with Crippen molar-refractivity contribution in [1.29, 1.82) is 0 Å². The first-order valence-electron chi connectivity index (χ1n) is 5.21. The Morgan fingerprint density at radius 3 is 2.80 bits per heavy atom. The van der Waals surface area contributed by atoms with Gasteiger partial charge in [0.1, 0.15) is 0 Å². The van der Waals surface area contributed by atoms with Crippen molar-refractivity contribution >= 4 is 27.8 Å². The van der Waals surface area contributed by atoms with E-state index in [1.807, 2.05) is 13.0 Å². The summed E-state index contributed by atoms with van der Waals surface area (Å²) >= 11 is 1.45. The highest BCUT2D eigenvalue weighted by molar-refractivity contribution is 7.18. The van der Waals surface area contributed by atoms with Crippen molar-refractivity contribution in [3.63, 3.8) is 0 Å². The molecule has 1 aromatic heterocycles. The van der Waals surface area contributed by atoms with E-state index in [2.05, 4.69) is 19.2 Å². The highest BCUT2D eigenvalue weighted by Crippen LogP contribution is 2.30. The predicted octanol–water partition coefficient (Wildman–Crippen LogP) is 2.99. The zero-order chi connectivity index (χ0) is 11.4. The van der Waals surface area contributed by atoms with Crippen LogP contribution in [0, 0.1) is 5.92 Å². The third-order valence-corrected chi connectivity index (χ3v) is 3.17. The second-order valence-corrected chi connectivity index (χ2v) is 5.00. The molecule has 1 aromatic rings. The lowest BCUT2D eigenvalue weighted by atomic mass is 10.2. The SMILES string of the molecule is CCC(=O)c1sc(NCC(C)C)cc1N. The van der Waals surface area contributed by atoms with Crippen LogP contribution < -0.4 is 11.1 Å². The summed E-state index contributed by atoms with van der Waals surface area (Å²) in [6.07, 6.45) is 0.508. The fourth-order valence-electron chi connectivity index (χ4n) is 1.18. The number of hydrogen-bond donors (Lipinski definition) is 2. The minimum absolute atomic E-state index is 0.120. The summed E-state index contributed by atoms with van der Waals surface area (Å²) < 4.78 is 0. The number of carbonyl (C=O) groups excluding carboxylic acids is 1. The van der Waals surface area contributed by atoms with Crippen LogP contribution in [0.5, 0.6) is 0 Å². The van der Waals surface area contributed by atoms with Crippen LogP contribution in [0.4, 0.5) is 10.7 Å². The molecule has 0 aliphatic heterocycles. The molecule has 4 heteroatoms. The Hall–Kier alpha value is -1.03. The molecule has 0 saturated heterocycles. The first-order chi connectivity index (χ1) is 7.04. The maximum absolute atomic E-state index is 11.5. The van der Waals surface area contributed by atoms with E-state index in [4.69, 9.17) is 5.73 Å². The molecule has 1 heterocycles. The molecule has 0 atom stereocenters. The minimum atomic E-state index is 0.120. The highest BCUT2D eigenvalue weighted by Gasteiger charge is 2.12. The summed E-state index contributed by atoms with van der Waals surface area (Å²) in [7, 11) is 0. The number of nitrogens with two attached hydrogens (primary N) is 1. The van der Waals surface area contributed by atoms with Gasteiger partial charge in [-0.15, -0.1) is 11.3 Å². The number of nitrogens with one attached hydrogen (secondary N) is 1. The van der Waals surface area contributed by atoms with Crippen LogP contribution in [0.15, 0.2) is 6.07 Å². The lowest BCUT2D eigenvalue weighted by Crippen LogP contribution is -2.06. The molecule has 0 radical (unpaired) electrons. The van der Waals surface area contributed by atoms with Gasteiger partial charge in [-0.3, -0.25) is 4.79 Å². The Bertz CT molecular complexity index is 344. The molecule has 3 nitrogen and oxygen atoms in total. The van der Waals surface area contributed by atoms with E-state index in [0.717, 1.165) is 11.5 Å². The summed E-state index contributed by atoms with van der Waals surface area (Å²) in [5.41, 5.74) is 6.37. The largest absolute Gasteiger partial charge is 0.397 e. The maximum Gasteiger partial charge on any atom is 0.174 e. The Labute approximate surface area is 94.7 Å². The van der Waals surface area contributed by atoms with Crippen molar-refractivity contribution < 1.29 is 4.79 Å². The van der Waals surface area contributed by atoms with Gasteiger partial charge in [-0.25, -0.2) is 0 Å². The molecule has 0 amide bonds. The van der Waals surface area contributed by atoms with E-state index in [-0.39, 0.29) is 5.78 Å². The molecule has 0 spiro atoms. The van der Waals surface area contributed by atoms with E-state index >= 15 is 0 Å². The maximum atomic E-state index is 11.5. The van der Waals surface area contributed by atoms with E-state index < -0.39 is 0 Å². The smallest absolute Gasteiger partial charge is 0.174 e. The molecule has 1 rings (SSSR count). The van der Waals surface area contributed by atoms with Crippen LogP contribution in [0.2, 0.25) is 0 Å². The second-order valence-electron chi connectivity index (χ2n) is 3.95. The molecule has 15 heavy (non-hydrogen) atoms. The Kier molecular flexibility index (Phi) is 4.15. The Morgan fingerprint density at radius 1 is 1.60 bits per heavy atom. The van der Waals surface area contributed by atoms with Gasteiger partial charge in [0.15, 0.2) is 5.78 Å². The summed E-state index contributed by atoms with van der Waals surface area (Å²) in [5.74, 6) is 0.703. The molecule has 0 unspecified atom stereocenters. The van der Waals surface area contributed by atoms with E-state index in [1.165, 1.54) is 11.3 Å². The zero-order valence-corrected chi connectivity index (χ0v) is 10.3. The molecular formula is C11H18N2OS. The van der Waals surface area contributed by atoms with Crippen LogP contribution >= 0.6 is 11.3 Å². The molecule has 0 aliphatic rings. The second kappa shape index (κ2) is 5.16. The van der Waals surface area contributed by atoms with E-state index in [0.29, 0.717) is 22.9 Å². The van der Waals surface area contributed by atoms with Crippen molar-refractivity contribution in [3.05, 3.63) is 10.9 Å². The number of ketones is 1. The van der Waals surface area contributed by atoms with Crippen molar-refractivity contribution in [2.24, 2.45) is 5.92 Å². The number of thiophene rings is 1. The van der Waals surface area contributed by atoms with Crippen LogP contribution in [0.3, 0.4) is 0 Å². The number of hydrogen-bond acceptors (Lipinski definition) is 4. The molecule has 0 aliphatic carbocycles. The fraction of sp³-hybridized carbons (Fsp3) is 0.545. The number of Topliss-reactive ketones (excluding diaryl/α,β-unsaturated/α-hetero) is 1. The highest BCUT2D eigenvalue weighted by atomic mass is 32.1. The van der Waals surface area contributed by atoms with Gasteiger partial charge in [0.25, 0.3) is 0 Å². The van der Waals surface area contributed by atoms with Crippen molar-refractivity contribution in [2.45, 2.75) is 27.2 Å². The average Bonchev–Trinajstić information content (AvgIpc) is 2.55. The fourth-order valence-corrected chi connectivity index (χ4v) is 2.17. The van der Waals surface area contributed by atoms with Gasteiger partial charge in [0, 0.05) is 13.0 Å². The molecule has 3 N–H and O–H groups in total. The van der Waals surface area contributed by atoms with Crippen LogP contribution in [-0.2, 0) is 0 Å². The molecular weight excluding hydrogens is 208 g/mol. The lowest BCUT2D eigenvalue weighted by Gasteiger charge is -2.05. The van der Waals surface area contributed by atoms with Gasteiger partial charge in [0.2, 0.25) is 0 Å². The monoisotopic (exact) mass is 226 g/mol. The van der Waals surface area contributed by atoms with Crippen molar-refractivity contribution in [2.75, 3.05) is 17.6 Å². The minimum Gasteiger partial charge on any atom is -0.397 e. The third kappa shape index (κ3) is 3.23. The first-order valence-corrected chi connectivity index (χ1v) is 6.02. The van der Waals surface area contributed by atoms with Gasteiger partial charge in [-0.2, -0.15) is 0 Å². The van der Waals surface area contributed by atoms with Crippen molar-refractivity contribution in [1.82, 2.24) is 0 Å². The van der Waals surface area contributed by atoms with E-state index in [1.54, 1.807) is 0 Å². The molecule has 84 valence electrons. The first kappa shape index (κ1) is 12.0. The van der Waals surface area contributed by atoms with Gasteiger partial charge in [-0.05, 0) is 12.0 Å². The van der Waals surface area contributed by atoms with Gasteiger partial charge >= 0.3 is 0 Å². The summed E-state index contributed by atoms with van der Waals surface area (Å²) in [5, 5.41) is 4.25. The summed E-state index contributed by atoms with van der Waals surface area (Å²) in [6, 6.07) is 1.84. The van der Waals surface area contributed by atoms with Gasteiger partial charge in [0.05, 0.1) is 15.6 Å². The zero-order valence-electron chi connectivity index (χ0n) is 9.46. The Morgan fingerprint density at radius 2 is 2.27 bits per heavy atom. The molecule has 0 fully saturated rings. The number of nitrogen functional groups attached to an aromatic ring is 1. The molecule has 0 bridgehead atoms. The number of rotatable bonds is 5. The summed E-state index contributed by atoms with van der Waals surface area (Å²) in [6.45, 7) is 7.03. The molecule has 0 saturated carbocycles. The van der Waals surface area contributed by atoms with Crippen LogP contribution in [0.1, 0.15) is 36.9 Å². The van der Waals surface area contributed by atoms with Crippen LogP contribution in [0.25, 0.3) is 0 Å². The normalized spacial score (nSPS) is 10.7. The number of carbonyl (C=O) groups is 1. The standard InChI is InChI=1S/C11H18N2OS/c1-4-9(14)11-8(12)5-10(15-11)13-6-7(2)3/h5,7,13H,4,6,12H2,1-3H3. The lowest BCUT2D eigenvalue weighted by molar-refractivity contribution is 0.0993. The Balaban J connectivity index is 2.72. The predicted molar refractivity (Wildman–Crippen MR) is 66.7 cm³/mol. The molecule has 0 aromatic carbocycles. The third-order valence-electron chi connectivity index (χ3n) is 2.02. The van der Waals surface area contributed by atoms with Crippen LogP contribution in [-0.4, -0.2) is 12.3 Å². The van der Waals surface area contributed by atoms with E-state index in [9.17, 15) is 4.79 Å². The quantitative estimate of drug-likeness (QED) is 0.759. The van der Waals surface area contributed by atoms with Gasteiger partial charge in [-0.1, -0.05) is 20.8 Å². The summed E-state index contributed by atoms with van der Waals surface area (Å²) in [4.78, 5) is 12.2. The average molecular weight is 226 g/mol. The number of anilines is 2.